The molecule has 0 radical (unpaired) electrons. The minimum Gasteiger partial charge on any atom is -0.472 e. The van der Waals surface area contributed by atoms with Crippen molar-refractivity contribution < 1.29 is 35.8 Å². The maximum atomic E-state index is 16.8. The minimum absolute atomic E-state index is 0.00679. The molecule has 242 valence electrons. The Balaban J connectivity index is 1.44. The smallest absolute Gasteiger partial charge is 0.417 e. The van der Waals surface area contributed by atoms with Gasteiger partial charge in [-0.1, -0.05) is 6.07 Å². The van der Waals surface area contributed by atoms with Crippen molar-refractivity contribution in [3.05, 3.63) is 41.0 Å². The average Bonchev–Trinajstić information content (AvgIpc) is 3.74. The van der Waals surface area contributed by atoms with Gasteiger partial charge in [-0.2, -0.15) is 28.4 Å². The van der Waals surface area contributed by atoms with Crippen molar-refractivity contribution in [1.82, 2.24) is 20.2 Å². The predicted octanol–water partition coefficient (Wildman–Crippen LogP) is 6.35. The van der Waals surface area contributed by atoms with Gasteiger partial charge in [0.25, 0.3) is 0 Å². The molecule has 15 heteroatoms. The number of thiophene rings is 1. The van der Waals surface area contributed by atoms with E-state index < -0.39 is 52.3 Å². The molecule has 3 aliphatic heterocycles. The summed E-state index contributed by atoms with van der Waals surface area (Å²) in [4.78, 5) is 10.6. The van der Waals surface area contributed by atoms with E-state index in [-0.39, 0.29) is 69.1 Å². The third-order valence-corrected chi connectivity index (χ3v) is 10.4. The molecule has 0 aliphatic carbocycles. The Labute approximate surface area is 263 Å². The lowest BCUT2D eigenvalue weighted by molar-refractivity contribution is -0.137. The number of nitrogen functional groups attached to an aromatic ring is 1. The number of hydrogen-bond donors (Lipinski definition) is 2. The molecule has 46 heavy (non-hydrogen) atoms. The molecular formula is C31H28F6N6O2S. The lowest BCUT2D eigenvalue weighted by Crippen LogP contribution is -2.43. The number of alkyl halides is 4. The molecule has 2 aromatic heterocycles. The Morgan fingerprint density at radius 2 is 2.07 bits per heavy atom. The van der Waals surface area contributed by atoms with Crippen molar-refractivity contribution in [2.45, 2.75) is 62.6 Å². The van der Waals surface area contributed by atoms with Gasteiger partial charge in [0.1, 0.15) is 41.3 Å². The van der Waals surface area contributed by atoms with Gasteiger partial charge >= 0.3 is 12.2 Å². The minimum atomic E-state index is -5.09. The van der Waals surface area contributed by atoms with Crippen LogP contribution in [0.3, 0.4) is 0 Å². The second kappa shape index (κ2) is 11.1. The molecule has 2 aromatic carbocycles. The first-order valence-electron chi connectivity index (χ1n) is 14.8. The fourth-order valence-corrected chi connectivity index (χ4v) is 8.07. The Morgan fingerprint density at radius 3 is 2.78 bits per heavy atom. The molecule has 4 aromatic rings. The van der Waals surface area contributed by atoms with Crippen LogP contribution in [-0.4, -0.2) is 65.0 Å². The first kappa shape index (κ1) is 30.8. The van der Waals surface area contributed by atoms with E-state index in [1.807, 2.05) is 17.9 Å². The molecule has 3 fully saturated rings. The molecule has 3 N–H and O–H groups in total. The zero-order valence-electron chi connectivity index (χ0n) is 24.5. The predicted molar refractivity (Wildman–Crippen MR) is 159 cm³/mol. The molecule has 0 bridgehead atoms. The van der Waals surface area contributed by atoms with E-state index in [1.54, 1.807) is 0 Å². The maximum absolute atomic E-state index is 16.8. The lowest BCUT2D eigenvalue weighted by atomic mass is 9.92. The highest BCUT2D eigenvalue weighted by molar-refractivity contribution is 7.23. The fourth-order valence-electron chi connectivity index (χ4n) is 7.12. The van der Waals surface area contributed by atoms with Gasteiger partial charge in [-0.05, 0) is 57.0 Å². The molecule has 0 amide bonds. The molecular weight excluding hydrogens is 634 g/mol. The van der Waals surface area contributed by atoms with E-state index >= 15 is 4.39 Å². The first-order chi connectivity index (χ1) is 21.9. The number of aromatic nitrogens is 2. The SMILES string of the molecule is C[C@H]1NCC[C@H]1Oc1nc(OC[C@@]23CCCN2C[C@H](F)C3)nc2c(F)c(-c3ccc(F)c4sc(N)c(C#N)c34)c(C(F)(F)F)cc12. The topological polar surface area (TPSA) is 109 Å². The van der Waals surface area contributed by atoms with E-state index in [0.717, 1.165) is 18.6 Å². The normalized spacial score (nSPS) is 25.0. The van der Waals surface area contributed by atoms with Gasteiger partial charge in [0.05, 0.1) is 26.8 Å². The number of hydrogen-bond acceptors (Lipinski definition) is 9. The Bertz CT molecular complexity index is 1910. The van der Waals surface area contributed by atoms with E-state index in [4.69, 9.17) is 15.2 Å². The number of fused-ring (bicyclic) bond motifs is 3. The highest BCUT2D eigenvalue weighted by Gasteiger charge is 2.49. The van der Waals surface area contributed by atoms with Crippen LogP contribution < -0.4 is 20.5 Å². The summed E-state index contributed by atoms with van der Waals surface area (Å²) in [6.45, 7) is 3.40. The van der Waals surface area contributed by atoms with Crippen LogP contribution in [0.4, 0.5) is 31.3 Å². The zero-order valence-corrected chi connectivity index (χ0v) is 25.3. The van der Waals surface area contributed by atoms with Crippen molar-refractivity contribution >= 4 is 37.3 Å². The maximum Gasteiger partial charge on any atom is 0.417 e. The molecule has 8 nitrogen and oxygen atoms in total. The van der Waals surface area contributed by atoms with Crippen LogP contribution in [0.2, 0.25) is 0 Å². The van der Waals surface area contributed by atoms with Gasteiger partial charge in [0.2, 0.25) is 5.88 Å². The van der Waals surface area contributed by atoms with Crippen molar-refractivity contribution in [2.75, 3.05) is 32.0 Å². The molecule has 7 rings (SSSR count). The number of nitrogens with zero attached hydrogens (tertiary/aromatic N) is 4. The third kappa shape index (κ3) is 4.98. The summed E-state index contributed by atoms with van der Waals surface area (Å²) in [5.41, 5.74) is 1.85. The Morgan fingerprint density at radius 1 is 1.26 bits per heavy atom. The highest BCUT2D eigenvalue weighted by Crippen LogP contribution is 2.48. The quantitative estimate of drug-likeness (QED) is 0.230. The second-order valence-corrected chi connectivity index (χ2v) is 13.2. The van der Waals surface area contributed by atoms with Gasteiger partial charge < -0.3 is 20.5 Å². The van der Waals surface area contributed by atoms with Gasteiger partial charge in [-0.15, -0.1) is 11.3 Å². The molecule has 0 unspecified atom stereocenters. The van der Waals surface area contributed by atoms with Gasteiger partial charge in [-0.25, -0.2) is 13.2 Å². The summed E-state index contributed by atoms with van der Waals surface area (Å²) >= 11 is 0.684. The number of nitrogens with one attached hydrogen (secondary N) is 1. The van der Waals surface area contributed by atoms with Crippen LogP contribution >= 0.6 is 11.3 Å². The number of anilines is 1. The standard InChI is InChI=1S/C31H28F6N6O2S/c1-14-21(5-7-40-14)45-28-17-9-19(31(35,36)37)23(16-3-4-20(33)26-22(16)18(11-38)27(39)46-26)24(34)25(17)41-29(42-28)44-13-30-6-2-8-43(30)12-15(32)10-30/h3-4,9,14-15,21,40H,2,5-8,10,12-13,39H2,1H3/t14-,15-,21-,30+/m1/s1. The van der Waals surface area contributed by atoms with E-state index in [1.165, 1.54) is 0 Å². The van der Waals surface area contributed by atoms with Crippen LogP contribution in [-0.2, 0) is 6.18 Å². The van der Waals surface area contributed by atoms with E-state index in [2.05, 4.69) is 15.3 Å². The second-order valence-electron chi connectivity index (χ2n) is 12.1. The van der Waals surface area contributed by atoms with Crippen molar-refractivity contribution in [3.8, 4) is 29.1 Å². The number of ether oxygens (including phenoxy) is 2. The van der Waals surface area contributed by atoms with Crippen LogP contribution in [0.1, 0.15) is 43.7 Å². The molecule has 3 saturated heterocycles. The Kier molecular flexibility index (Phi) is 7.45. The van der Waals surface area contributed by atoms with Crippen molar-refractivity contribution in [3.63, 3.8) is 0 Å². The van der Waals surface area contributed by atoms with Crippen LogP contribution in [0, 0.1) is 23.0 Å². The van der Waals surface area contributed by atoms with Crippen LogP contribution in [0.15, 0.2) is 18.2 Å². The summed E-state index contributed by atoms with van der Waals surface area (Å²) in [5, 5.41) is 12.3. The van der Waals surface area contributed by atoms with Gasteiger partial charge in [0, 0.05) is 30.0 Å². The summed E-state index contributed by atoms with van der Waals surface area (Å²) in [6.07, 6.45) is -4.33. The average molecular weight is 663 g/mol. The summed E-state index contributed by atoms with van der Waals surface area (Å²) in [6, 6.07) is 3.91. The van der Waals surface area contributed by atoms with Crippen LogP contribution in [0.25, 0.3) is 32.1 Å². The van der Waals surface area contributed by atoms with Gasteiger partial charge in [0.15, 0.2) is 5.82 Å². The van der Waals surface area contributed by atoms with Gasteiger partial charge in [-0.3, -0.25) is 4.90 Å². The number of rotatable bonds is 6. The molecule has 0 spiro atoms. The summed E-state index contributed by atoms with van der Waals surface area (Å²) < 4.78 is 102. The molecule has 4 atom stereocenters. The number of nitrogens with two attached hydrogens (primary N) is 1. The summed E-state index contributed by atoms with van der Waals surface area (Å²) in [7, 11) is 0. The molecule has 5 heterocycles. The van der Waals surface area contributed by atoms with Crippen LogP contribution in [0.5, 0.6) is 11.9 Å². The third-order valence-electron chi connectivity index (χ3n) is 9.33. The van der Waals surface area contributed by atoms with Crippen molar-refractivity contribution in [2.24, 2.45) is 0 Å². The van der Waals surface area contributed by atoms with Crippen molar-refractivity contribution in [1.29, 1.82) is 5.26 Å². The molecule has 3 aliphatic rings. The zero-order chi connectivity index (χ0) is 32.5. The number of benzene rings is 2. The fraction of sp³-hybridized carbons (Fsp3) is 0.452. The number of halogens is 6. The van der Waals surface area contributed by atoms with E-state index in [9.17, 15) is 27.2 Å². The number of nitriles is 1. The van der Waals surface area contributed by atoms with E-state index in [0.29, 0.717) is 43.3 Å². The largest absolute Gasteiger partial charge is 0.472 e. The lowest BCUT2D eigenvalue weighted by Gasteiger charge is -2.30. The summed E-state index contributed by atoms with van der Waals surface area (Å²) in [5.74, 6) is -2.50. The Hall–Kier alpha value is -3.87. The highest BCUT2D eigenvalue weighted by atomic mass is 32.1. The first-order valence-corrected chi connectivity index (χ1v) is 15.7. The monoisotopic (exact) mass is 662 g/mol. The molecule has 0 saturated carbocycles.